The summed E-state index contributed by atoms with van der Waals surface area (Å²) >= 11 is 0. The third-order valence-electron chi connectivity index (χ3n) is 5.50. The van der Waals surface area contributed by atoms with Gasteiger partial charge in [0.05, 0.1) is 0 Å². The number of amides is 2. The number of nitrogens with one attached hydrogen (secondary N) is 1. The van der Waals surface area contributed by atoms with E-state index in [1.807, 2.05) is 55.5 Å². The van der Waals surface area contributed by atoms with Crippen LogP contribution < -0.4 is 10.1 Å². The van der Waals surface area contributed by atoms with Crippen molar-refractivity contribution in [2.45, 2.75) is 38.8 Å². The molecule has 6 heteroatoms. The summed E-state index contributed by atoms with van der Waals surface area (Å²) in [5.74, 6) is -0.525. The van der Waals surface area contributed by atoms with Gasteiger partial charge in [-0.15, -0.1) is 0 Å². The van der Waals surface area contributed by atoms with Crippen LogP contribution in [0.1, 0.15) is 30.9 Å². The van der Waals surface area contributed by atoms with Gasteiger partial charge in [0.15, 0.2) is 6.61 Å². The van der Waals surface area contributed by atoms with Crippen molar-refractivity contribution < 1.29 is 18.7 Å². The van der Waals surface area contributed by atoms with Crippen molar-refractivity contribution in [3.63, 3.8) is 0 Å². The Labute approximate surface area is 200 Å². The summed E-state index contributed by atoms with van der Waals surface area (Å²) in [6, 6.07) is 24.0. The molecule has 178 valence electrons. The van der Waals surface area contributed by atoms with Gasteiger partial charge in [-0.3, -0.25) is 9.59 Å². The minimum atomic E-state index is -0.814. The van der Waals surface area contributed by atoms with Crippen molar-refractivity contribution >= 4 is 11.8 Å². The fourth-order valence-electron chi connectivity index (χ4n) is 3.61. The summed E-state index contributed by atoms with van der Waals surface area (Å²) in [7, 11) is 0. The molecule has 3 aromatic rings. The topological polar surface area (TPSA) is 58.6 Å². The smallest absolute Gasteiger partial charge is 0.261 e. The first-order chi connectivity index (χ1) is 16.6. The molecule has 0 radical (unpaired) electrons. The second kappa shape index (κ2) is 13.1. The summed E-state index contributed by atoms with van der Waals surface area (Å²) in [5, 5.41) is 2.95. The Hall–Kier alpha value is -3.67. The van der Waals surface area contributed by atoms with Crippen LogP contribution in [0, 0.1) is 5.82 Å². The first kappa shape index (κ1) is 25.0. The molecule has 3 aromatic carbocycles. The normalized spacial score (nSPS) is 11.5. The van der Waals surface area contributed by atoms with Crippen LogP contribution in [0.5, 0.6) is 5.75 Å². The molecular weight excluding hydrogens is 431 g/mol. The molecule has 1 atom stereocenters. The van der Waals surface area contributed by atoms with Crippen LogP contribution in [-0.2, 0) is 22.6 Å². The van der Waals surface area contributed by atoms with E-state index in [9.17, 15) is 14.0 Å². The number of rotatable bonds is 12. The van der Waals surface area contributed by atoms with Crippen LogP contribution >= 0.6 is 0 Å². The Balaban J connectivity index is 1.89. The van der Waals surface area contributed by atoms with Crippen LogP contribution in [-0.4, -0.2) is 35.9 Å². The largest absolute Gasteiger partial charge is 0.484 e. The third kappa shape index (κ3) is 7.44. The lowest BCUT2D eigenvalue weighted by Crippen LogP contribution is -2.52. The molecular formula is C28H31FN2O3. The van der Waals surface area contributed by atoms with Crippen LogP contribution in [0.15, 0.2) is 84.9 Å². The lowest BCUT2D eigenvalue weighted by Gasteiger charge is -2.31. The van der Waals surface area contributed by atoms with Gasteiger partial charge in [-0.2, -0.15) is 0 Å². The number of hydrogen-bond acceptors (Lipinski definition) is 3. The van der Waals surface area contributed by atoms with E-state index in [0.29, 0.717) is 24.3 Å². The summed E-state index contributed by atoms with van der Waals surface area (Å²) in [6.07, 6.45) is 2.08. The molecule has 0 spiro atoms. The number of carbonyl (C=O) groups excluding carboxylic acids is 2. The lowest BCUT2D eigenvalue weighted by atomic mass is 10.0. The number of benzene rings is 3. The van der Waals surface area contributed by atoms with Crippen molar-refractivity contribution in [1.29, 1.82) is 0 Å². The van der Waals surface area contributed by atoms with E-state index >= 15 is 0 Å². The minimum Gasteiger partial charge on any atom is -0.484 e. The highest BCUT2D eigenvalue weighted by Gasteiger charge is 2.31. The number of hydrogen-bond donors (Lipinski definition) is 1. The van der Waals surface area contributed by atoms with Crippen LogP contribution in [0.25, 0.3) is 0 Å². The molecule has 34 heavy (non-hydrogen) atoms. The Kier molecular flexibility index (Phi) is 9.65. The summed E-state index contributed by atoms with van der Waals surface area (Å²) in [5.41, 5.74) is 1.25. The maximum atomic E-state index is 14.5. The molecule has 1 N–H and O–H groups in total. The predicted octanol–water partition coefficient (Wildman–Crippen LogP) is 4.76. The predicted molar refractivity (Wildman–Crippen MR) is 131 cm³/mol. The van der Waals surface area contributed by atoms with Gasteiger partial charge in [0.25, 0.3) is 5.91 Å². The van der Waals surface area contributed by atoms with Gasteiger partial charge >= 0.3 is 0 Å². The molecule has 0 aliphatic rings. The fraction of sp³-hybridized carbons (Fsp3) is 0.286. The van der Waals surface area contributed by atoms with Gasteiger partial charge in [0.2, 0.25) is 5.91 Å². The van der Waals surface area contributed by atoms with Gasteiger partial charge < -0.3 is 15.0 Å². The summed E-state index contributed by atoms with van der Waals surface area (Å²) in [6.45, 7) is 2.26. The van der Waals surface area contributed by atoms with E-state index in [4.69, 9.17) is 4.74 Å². The molecule has 0 aliphatic carbocycles. The van der Waals surface area contributed by atoms with Crippen molar-refractivity contribution in [3.05, 3.63) is 102 Å². The SMILES string of the molecule is CCCCNC(=O)C(Cc1ccccc1)N(Cc1ccccc1F)C(=O)COc1ccccc1. The standard InChI is InChI=1S/C28H31FN2O3/c1-2-3-18-30-28(33)26(19-22-12-6-4-7-13-22)31(20-23-14-10-11-17-25(23)29)27(32)21-34-24-15-8-5-9-16-24/h4-17,26H,2-3,18-21H2,1H3,(H,30,33). The molecule has 0 fully saturated rings. The van der Waals surface area contributed by atoms with E-state index in [1.165, 1.54) is 11.0 Å². The first-order valence-corrected chi connectivity index (χ1v) is 11.6. The molecule has 0 saturated heterocycles. The number of halogens is 1. The highest BCUT2D eigenvalue weighted by Crippen LogP contribution is 2.18. The third-order valence-corrected chi connectivity index (χ3v) is 5.50. The molecule has 0 aromatic heterocycles. The van der Waals surface area contributed by atoms with Crippen LogP contribution in [0.2, 0.25) is 0 Å². The lowest BCUT2D eigenvalue weighted by molar-refractivity contribution is -0.142. The van der Waals surface area contributed by atoms with Gasteiger partial charge in [-0.05, 0) is 30.2 Å². The van der Waals surface area contributed by atoms with Crippen LogP contribution in [0.3, 0.4) is 0 Å². The second-order valence-corrected chi connectivity index (χ2v) is 8.06. The Bertz CT molecular complexity index is 1040. The number of unbranched alkanes of at least 4 members (excludes halogenated alkanes) is 1. The Morgan fingerprint density at radius 2 is 1.59 bits per heavy atom. The molecule has 2 amide bonds. The maximum absolute atomic E-state index is 14.5. The zero-order valence-electron chi connectivity index (χ0n) is 19.5. The first-order valence-electron chi connectivity index (χ1n) is 11.6. The van der Waals surface area contributed by atoms with E-state index in [-0.39, 0.29) is 19.1 Å². The molecule has 0 aliphatic heterocycles. The zero-order chi connectivity index (χ0) is 24.2. The molecule has 1 unspecified atom stereocenters. The average Bonchev–Trinajstić information content (AvgIpc) is 2.87. The van der Waals surface area contributed by atoms with E-state index in [0.717, 1.165) is 18.4 Å². The Morgan fingerprint density at radius 1 is 0.941 bits per heavy atom. The van der Waals surface area contributed by atoms with Crippen molar-refractivity contribution in [2.24, 2.45) is 0 Å². The number of para-hydroxylation sites is 1. The number of ether oxygens (including phenoxy) is 1. The molecule has 0 heterocycles. The molecule has 3 rings (SSSR count). The van der Waals surface area contributed by atoms with Gasteiger partial charge in [0.1, 0.15) is 17.6 Å². The summed E-state index contributed by atoms with van der Waals surface area (Å²) < 4.78 is 20.2. The molecule has 5 nitrogen and oxygen atoms in total. The maximum Gasteiger partial charge on any atom is 0.261 e. The van der Waals surface area contributed by atoms with E-state index in [1.54, 1.807) is 30.3 Å². The summed E-state index contributed by atoms with van der Waals surface area (Å²) in [4.78, 5) is 28.1. The second-order valence-electron chi connectivity index (χ2n) is 8.06. The molecule has 0 saturated carbocycles. The highest BCUT2D eigenvalue weighted by atomic mass is 19.1. The van der Waals surface area contributed by atoms with Gasteiger partial charge in [-0.1, -0.05) is 80.1 Å². The fourth-order valence-corrected chi connectivity index (χ4v) is 3.61. The Morgan fingerprint density at radius 3 is 2.26 bits per heavy atom. The number of carbonyl (C=O) groups is 2. The average molecular weight is 463 g/mol. The minimum absolute atomic E-state index is 0.0393. The van der Waals surface area contributed by atoms with Crippen LogP contribution in [0.4, 0.5) is 4.39 Å². The van der Waals surface area contributed by atoms with Crippen molar-refractivity contribution in [3.8, 4) is 5.75 Å². The highest BCUT2D eigenvalue weighted by molar-refractivity contribution is 5.88. The van der Waals surface area contributed by atoms with Crippen molar-refractivity contribution in [1.82, 2.24) is 10.2 Å². The number of nitrogens with zero attached hydrogens (tertiary/aromatic N) is 1. The van der Waals surface area contributed by atoms with E-state index in [2.05, 4.69) is 5.32 Å². The zero-order valence-corrected chi connectivity index (χ0v) is 19.5. The van der Waals surface area contributed by atoms with Crippen molar-refractivity contribution in [2.75, 3.05) is 13.2 Å². The van der Waals surface area contributed by atoms with Gasteiger partial charge in [-0.25, -0.2) is 4.39 Å². The van der Waals surface area contributed by atoms with E-state index < -0.39 is 17.8 Å². The monoisotopic (exact) mass is 462 g/mol. The quantitative estimate of drug-likeness (QED) is 0.395. The molecule has 0 bridgehead atoms. The van der Waals surface area contributed by atoms with Gasteiger partial charge in [0, 0.05) is 25.1 Å².